The molecule has 1 heterocycles. The van der Waals surface area contributed by atoms with Gasteiger partial charge in [0.15, 0.2) is 0 Å². The summed E-state index contributed by atoms with van der Waals surface area (Å²) in [7, 11) is 0. The smallest absolute Gasteiger partial charge is 0.229 e. The van der Waals surface area contributed by atoms with Crippen molar-refractivity contribution in [3.05, 3.63) is 24.3 Å². The summed E-state index contributed by atoms with van der Waals surface area (Å²) in [6.45, 7) is 0. The molecule has 0 aliphatic heterocycles. The molecular formula is C8H8N4S2. The summed E-state index contributed by atoms with van der Waals surface area (Å²) in [5, 5.41) is 11.1. The van der Waals surface area contributed by atoms with E-state index in [2.05, 4.69) is 38.5 Å². The van der Waals surface area contributed by atoms with Crippen molar-refractivity contribution in [1.82, 2.24) is 14.8 Å². The zero-order valence-electron chi connectivity index (χ0n) is 7.47. The average molecular weight is 224 g/mol. The molecule has 0 saturated heterocycles. The lowest BCUT2D eigenvalue weighted by Crippen LogP contribution is -1.88. The van der Waals surface area contributed by atoms with Gasteiger partial charge in [-0.1, -0.05) is 9.59 Å². The van der Waals surface area contributed by atoms with Crippen LogP contribution in [0, 0.1) is 0 Å². The van der Waals surface area contributed by atoms with E-state index in [0.717, 1.165) is 5.69 Å². The zero-order chi connectivity index (χ0) is 9.80. The summed E-state index contributed by atoms with van der Waals surface area (Å²) in [6.07, 6.45) is 2.05. The van der Waals surface area contributed by atoms with Crippen LogP contribution in [0.5, 0.6) is 0 Å². The van der Waals surface area contributed by atoms with E-state index in [-0.39, 0.29) is 0 Å². The highest BCUT2D eigenvalue weighted by Gasteiger charge is 1.98. The van der Waals surface area contributed by atoms with Gasteiger partial charge in [0.05, 0.1) is 0 Å². The minimum atomic E-state index is 0.710. The van der Waals surface area contributed by atoms with Gasteiger partial charge < -0.3 is 5.32 Å². The molecule has 0 spiro atoms. The van der Waals surface area contributed by atoms with Gasteiger partial charge in [-0.3, -0.25) is 0 Å². The molecule has 2 rings (SSSR count). The number of hydrogen-bond donors (Lipinski definition) is 1. The Morgan fingerprint density at radius 2 is 2.07 bits per heavy atom. The van der Waals surface area contributed by atoms with Crippen LogP contribution < -0.4 is 5.32 Å². The topological polar surface area (TPSA) is 50.7 Å². The zero-order valence-corrected chi connectivity index (χ0v) is 9.10. The molecule has 0 atom stereocenters. The predicted octanol–water partition coefficient (Wildman–Crippen LogP) is 2.40. The third kappa shape index (κ3) is 2.21. The molecule has 0 aliphatic carbocycles. The van der Waals surface area contributed by atoms with Gasteiger partial charge in [-0.2, -0.15) is 0 Å². The average Bonchev–Trinajstić information content (AvgIpc) is 2.72. The van der Waals surface area contributed by atoms with Gasteiger partial charge in [0.25, 0.3) is 0 Å². The van der Waals surface area contributed by atoms with Crippen LogP contribution >= 0.6 is 23.3 Å². The fraction of sp³-hybridized carbons (Fsp3) is 0.125. The van der Waals surface area contributed by atoms with Crippen LogP contribution in [0.4, 0.5) is 10.8 Å². The molecule has 4 nitrogen and oxygen atoms in total. The molecule has 0 amide bonds. The second-order valence-corrected chi connectivity index (χ2v) is 4.13. The van der Waals surface area contributed by atoms with Crippen molar-refractivity contribution in [2.75, 3.05) is 11.6 Å². The molecule has 0 bridgehead atoms. The fourth-order valence-corrected chi connectivity index (χ4v) is 1.77. The predicted molar refractivity (Wildman–Crippen MR) is 59.2 cm³/mol. The Morgan fingerprint density at radius 3 is 2.64 bits per heavy atom. The van der Waals surface area contributed by atoms with E-state index in [1.165, 1.54) is 16.4 Å². The van der Waals surface area contributed by atoms with Crippen LogP contribution in [0.25, 0.3) is 0 Å². The van der Waals surface area contributed by atoms with Crippen molar-refractivity contribution < 1.29 is 0 Å². The van der Waals surface area contributed by atoms with E-state index in [0.29, 0.717) is 5.13 Å². The minimum absolute atomic E-state index is 0.710. The van der Waals surface area contributed by atoms with Gasteiger partial charge in [-0.25, -0.2) is 0 Å². The van der Waals surface area contributed by atoms with Crippen molar-refractivity contribution in [1.29, 1.82) is 0 Å². The first-order valence-corrected chi connectivity index (χ1v) is 5.94. The highest BCUT2D eigenvalue weighted by molar-refractivity contribution is 7.98. The van der Waals surface area contributed by atoms with E-state index in [4.69, 9.17) is 0 Å². The van der Waals surface area contributed by atoms with E-state index in [1.54, 1.807) is 11.8 Å². The van der Waals surface area contributed by atoms with Crippen molar-refractivity contribution >= 4 is 34.1 Å². The van der Waals surface area contributed by atoms with Crippen molar-refractivity contribution in [3.8, 4) is 0 Å². The largest absolute Gasteiger partial charge is 0.329 e. The SMILES string of the molecule is CSc1ccc(Nc2nnns2)cc1. The molecule has 0 unspecified atom stereocenters. The first-order valence-electron chi connectivity index (χ1n) is 3.94. The second kappa shape index (κ2) is 4.39. The molecule has 72 valence electrons. The lowest BCUT2D eigenvalue weighted by atomic mass is 10.3. The van der Waals surface area contributed by atoms with Gasteiger partial charge in [-0.05, 0) is 35.7 Å². The van der Waals surface area contributed by atoms with Crippen molar-refractivity contribution in [2.24, 2.45) is 0 Å². The van der Waals surface area contributed by atoms with Crippen LogP contribution in [0.15, 0.2) is 29.2 Å². The molecule has 0 saturated carbocycles. The van der Waals surface area contributed by atoms with Crippen molar-refractivity contribution in [3.63, 3.8) is 0 Å². The van der Waals surface area contributed by atoms with Crippen LogP contribution in [0.2, 0.25) is 0 Å². The Labute approximate surface area is 89.9 Å². The maximum Gasteiger partial charge on any atom is 0.229 e. The summed E-state index contributed by atoms with van der Waals surface area (Å²) >= 11 is 2.96. The summed E-state index contributed by atoms with van der Waals surface area (Å²) in [5.74, 6) is 0. The third-order valence-corrected chi connectivity index (χ3v) is 2.90. The van der Waals surface area contributed by atoms with E-state index < -0.39 is 0 Å². The molecule has 0 radical (unpaired) electrons. The Hall–Kier alpha value is -1.14. The quantitative estimate of drug-likeness (QED) is 0.811. The van der Waals surface area contributed by atoms with E-state index in [9.17, 15) is 0 Å². The van der Waals surface area contributed by atoms with Gasteiger partial charge in [-0.15, -0.1) is 11.8 Å². The number of benzene rings is 1. The van der Waals surface area contributed by atoms with E-state index in [1.807, 2.05) is 12.1 Å². The van der Waals surface area contributed by atoms with Crippen LogP contribution in [-0.2, 0) is 0 Å². The molecule has 0 aliphatic rings. The number of hydrogen-bond acceptors (Lipinski definition) is 6. The minimum Gasteiger partial charge on any atom is -0.329 e. The molecule has 0 fully saturated rings. The lowest BCUT2D eigenvalue weighted by Gasteiger charge is -2.01. The number of aromatic nitrogens is 3. The highest BCUT2D eigenvalue weighted by Crippen LogP contribution is 2.20. The third-order valence-electron chi connectivity index (χ3n) is 1.64. The summed E-state index contributed by atoms with van der Waals surface area (Å²) in [6, 6.07) is 8.13. The normalized spacial score (nSPS) is 10.1. The Bertz CT molecular complexity index is 384. The number of thioether (sulfide) groups is 1. The first-order chi connectivity index (χ1) is 6.88. The lowest BCUT2D eigenvalue weighted by molar-refractivity contribution is 0.961. The summed E-state index contributed by atoms with van der Waals surface area (Å²) in [4.78, 5) is 1.24. The Kier molecular flexibility index (Phi) is 2.95. The molecule has 1 aromatic carbocycles. The molecule has 2 aromatic rings. The molecular weight excluding hydrogens is 216 g/mol. The maximum atomic E-state index is 3.80. The monoisotopic (exact) mass is 224 g/mol. The van der Waals surface area contributed by atoms with Crippen molar-refractivity contribution in [2.45, 2.75) is 4.90 Å². The first kappa shape index (κ1) is 9.42. The molecule has 14 heavy (non-hydrogen) atoms. The van der Waals surface area contributed by atoms with Gasteiger partial charge in [0, 0.05) is 22.1 Å². The summed E-state index contributed by atoms with van der Waals surface area (Å²) in [5.41, 5.74) is 1.00. The number of nitrogens with one attached hydrogen (secondary N) is 1. The van der Waals surface area contributed by atoms with Gasteiger partial charge in [0.2, 0.25) is 5.13 Å². The Morgan fingerprint density at radius 1 is 1.29 bits per heavy atom. The van der Waals surface area contributed by atoms with Crippen LogP contribution in [-0.4, -0.2) is 21.1 Å². The van der Waals surface area contributed by atoms with Crippen LogP contribution in [0.3, 0.4) is 0 Å². The number of anilines is 2. The number of rotatable bonds is 3. The molecule has 1 aromatic heterocycles. The van der Waals surface area contributed by atoms with Crippen LogP contribution in [0.1, 0.15) is 0 Å². The second-order valence-electron chi connectivity index (χ2n) is 2.52. The molecule has 1 N–H and O–H groups in total. The Balaban J connectivity index is 2.10. The number of nitrogens with zero attached hydrogens (tertiary/aromatic N) is 3. The molecule has 6 heteroatoms. The van der Waals surface area contributed by atoms with E-state index >= 15 is 0 Å². The fourth-order valence-electron chi connectivity index (χ4n) is 0.980. The van der Waals surface area contributed by atoms with Gasteiger partial charge in [0.1, 0.15) is 0 Å². The summed E-state index contributed by atoms with van der Waals surface area (Å²) < 4.78 is 3.67. The maximum absolute atomic E-state index is 3.80. The highest BCUT2D eigenvalue weighted by atomic mass is 32.2. The standard InChI is InChI=1S/C8H8N4S2/c1-13-7-4-2-6(3-5-7)9-8-10-11-12-14-8/h2-5H,1H3,(H,9,10,12). The van der Waals surface area contributed by atoms with Gasteiger partial charge >= 0.3 is 0 Å².